The minimum atomic E-state index is -1.02. The first kappa shape index (κ1) is 25.9. The molecule has 0 aromatic heterocycles. The molecule has 2 heterocycles. The van der Waals surface area contributed by atoms with Gasteiger partial charge in [0, 0.05) is 31.1 Å². The molecule has 4 rings (SSSR count). The lowest BCUT2D eigenvalue weighted by atomic mass is 9.82. The molecule has 194 valence electrons. The summed E-state index contributed by atoms with van der Waals surface area (Å²) in [7, 11) is 0. The van der Waals surface area contributed by atoms with Crippen molar-refractivity contribution in [2.45, 2.75) is 51.5 Å². The van der Waals surface area contributed by atoms with Gasteiger partial charge in [0.2, 0.25) is 12.7 Å². The first-order valence-electron chi connectivity index (χ1n) is 12.8. The molecule has 1 saturated heterocycles. The fourth-order valence-electron chi connectivity index (χ4n) is 5.29. The molecule has 1 unspecified atom stereocenters. The van der Waals surface area contributed by atoms with Crippen molar-refractivity contribution in [3.05, 3.63) is 59.4 Å². The second-order valence-corrected chi connectivity index (χ2v) is 9.57. The Morgan fingerprint density at radius 1 is 1.06 bits per heavy atom. The summed E-state index contributed by atoms with van der Waals surface area (Å²) in [6, 6.07) is 10.9. The van der Waals surface area contributed by atoms with Crippen LogP contribution in [0.5, 0.6) is 11.5 Å². The highest BCUT2D eigenvalue weighted by Gasteiger charge is 2.49. The summed E-state index contributed by atoms with van der Waals surface area (Å²) in [5.74, 6) is -1.73. The van der Waals surface area contributed by atoms with E-state index in [2.05, 4.69) is 13.8 Å². The van der Waals surface area contributed by atoms with E-state index in [1.807, 2.05) is 21.9 Å². The maximum atomic E-state index is 15.0. The standard InChI is InChI=1S/C28H35FN2O5/c1-3-5-13-30(14-6-4-2)25(32)17-31-16-21(19-11-12-23-24(15-19)36-18-35-23)26(28(33)34)27(31)20-9-7-8-10-22(20)29/h7-12,15,21,26-27H,3-6,13-14,16-18H2,1-2H3,(H,33,34)/t21?,26-,27+/m0/s1. The van der Waals surface area contributed by atoms with E-state index >= 15 is 4.39 Å². The Labute approximate surface area is 211 Å². The third-order valence-electron chi connectivity index (χ3n) is 7.19. The van der Waals surface area contributed by atoms with Gasteiger partial charge in [0.15, 0.2) is 11.5 Å². The zero-order valence-corrected chi connectivity index (χ0v) is 21.0. The number of unbranched alkanes of at least 4 members (excludes halogenated alkanes) is 2. The molecule has 36 heavy (non-hydrogen) atoms. The molecule has 0 saturated carbocycles. The number of halogens is 1. The van der Waals surface area contributed by atoms with E-state index in [-0.39, 0.29) is 19.2 Å². The second kappa shape index (κ2) is 11.7. The number of hydrogen-bond acceptors (Lipinski definition) is 5. The van der Waals surface area contributed by atoms with Crippen LogP contribution in [0.15, 0.2) is 42.5 Å². The molecule has 8 heteroatoms. The molecule has 1 amide bonds. The Kier molecular flexibility index (Phi) is 8.46. The summed E-state index contributed by atoms with van der Waals surface area (Å²) >= 11 is 0. The molecule has 0 bridgehead atoms. The van der Waals surface area contributed by atoms with E-state index < -0.39 is 29.7 Å². The van der Waals surface area contributed by atoms with Crippen molar-refractivity contribution in [2.75, 3.05) is 33.0 Å². The second-order valence-electron chi connectivity index (χ2n) is 9.57. The number of fused-ring (bicyclic) bond motifs is 1. The van der Waals surface area contributed by atoms with Gasteiger partial charge in [-0.05, 0) is 36.6 Å². The Morgan fingerprint density at radius 2 is 1.75 bits per heavy atom. The van der Waals surface area contributed by atoms with Crippen molar-refractivity contribution in [1.29, 1.82) is 0 Å². The number of amides is 1. The number of likely N-dealkylation sites (tertiary alicyclic amines) is 1. The maximum absolute atomic E-state index is 15.0. The number of ether oxygens (including phenoxy) is 2. The summed E-state index contributed by atoms with van der Waals surface area (Å²) in [5.41, 5.74) is 1.08. The minimum Gasteiger partial charge on any atom is -0.481 e. The zero-order valence-electron chi connectivity index (χ0n) is 21.0. The number of carboxylic acid groups (broad SMARTS) is 1. The van der Waals surface area contributed by atoms with Gasteiger partial charge in [-0.1, -0.05) is 51.0 Å². The Morgan fingerprint density at radius 3 is 2.42 bits per heavy atom. The highest BCUT2D eigenvalue weighted by atomic mass is 19.1. The van der Waals surface area contributed by atoms with Crippen LogP contribution in [-0.4, -0.2) is 59.8 Å². The van der Waals surface area contributed by atoms with Gasteiger partial charge >= 0.3 is 5.97 Å². The van der Waals surface area contributed by atoms with E-state index in [1.54, 1.807) is 24.3 Å². The van der Waals surface area contributed by atoms with E-state index in [0.29, 0.717) is 36.7 Å². The van der Waals surface area contributed by atoms with Crippen molar-refractivity contribution in [3.63, 3.8) is 0 Å². The van der Waals surface area contributed by atoms with Crippen molar-refractivity contribution in [3.8, 4) is 11.5 Å². The normalized spacial score (nSPS) is 21.0. The fraction of sp³-hybridized carbons (Fsp3) is 0.500. The summed E-state index contributed by atoms with van der Waals surface area (Å²) in [5, 5.41) is 10.4. The lowest BCUT2D eigenvalue weighted by Crippen LogP contribution is -2.42. The highest BCUT2D eigenvalue weighted by molar-refractivity contribution is 5.79. The van der Waals surface area contributed by atoms with Crippen LogP contribution in [0.4, 0.5) is 4.39 Å². The number of hydrogen-bond donors (Lipinski definition) is 1. The number of benzene rings is 2. The van der Waals surface area contributed by atoms with Crippen LogP contribution in [0, 0.1) is 11.7 Å². The van der Waals surface area contributed by atoms with Gasteiger partial charge < -0.3 is 19.5 Å². The molecule has 2 aromatic carbocycles. The molecule has 7 nitrogen and oxygen atoms in total. The molecule has 2 aromatic rings. The molecule has 1 N–H and O–H groups in total. The van der Waals surface area contributed by atoms with E-state index in [4.69, 9.17) is 9.47 Å². The van der Waals surface area contributed by atoms with Gasteiger partial charge in [-0.3, -0.25) is 14.5 Å². The highest BCUT2D eigenvalue weighted by Crippen LogP contribution is 2.48. The number of carbonyl (C=O) groups is 2. The molecular formula is C28H35FN2O5. The van der Waals surface area contributed by atoms with Crippen molar-refractivity contribution >= 4 is 11.9 Å². The Balaban J connectivity index is 1.68. The van der Waals surface area contributed by atoms with Gasteiger partial charge in [0.05, 0.1) is 18.5 Å². The number of nitrogens with zero attached hydrogens (tertiary/aromatic N) is 2. The maximum Gasteiger partial charge on any atom is 0.309 e. The van der Waals surface area contributed by atoms with E-state index in [0.717, 1.165) is 31.2 Å². The predicted molar refractivity (Wildman–Crippen MR) is 134 cm³/mol. The zero-order chi connectivity index (χ0) is 25.7. The van der Waals surface area contributed by atoms with Crippen molar-refractivity contribution in [1.82, 2.24) is 9.80 Å². The monoisotopic (exact) mass is 498 g/mol. The number of aliphatic carboxylic acids is 1. The van der Waals surface area contributed by atoms with Crippen LogP contribution < -0.4 is 9.47 Å². The fourth-order valence-corrected chi connectivity index (χ4v) is 5.29. The average molecular weight is 499 g/mol. The van der Waals surface area contributed by atoms with Crippen LogP contribution in [0.25, 0.3) is 0 Å². The smallest absolute Gasteiger partial charge is 0.309 e. The summed E-state index contributed by atoms with van der Waals surface area (Å²) in [4.78, 5) is 29.8. The quantitative estimate of drug-likeness (QED) is 0.478. The lowest BCUT2D eigenvalue weighted by molar-refractivity contribution is -0.144. The summed E-state index contributed by atoms with van der Waals surface area (Å²) < 4.78 is 26.0. The summed E-state index contributed by atoms with van der Waals surface area (Å²) in [6.45, 7) is 5.99. The average Bonchev–Trinajstić information content (AvgIpc) is 3.48. The lowest BCUT2D eigenvalue weighted by Gasteiger charge is -2.30. The van der Waals surface area contributed by atoms with Crippen molar-refractivity contribution < 1.29 is 28.6 Å². The van der Waals surface area contributed by atoms with E-state index in [1.165, 1.54) is 6.07 Å². The minimum absolute atomic E-state index is 0.0389. The molecule has 0 radical (unpaired) electrons. The molecule has 0 aliphatic carbocycles. The molecule has 3 atom stereocenters. The van der Waals surface area contributed by atoms with Crippen LogP contribution in [0.2, 0.25) is 0 Å². The summed E-state index contributed by atoms with van der Waals surface area (Å²) in [6.07, 6.45) is 3.77. The first-order valence-corrected chi connectivity index (χ1v) is 12.8. The van der Waals surface area contributed by atoms with Crippen LogP contribution in [0.3, 0.4) is 0 Å². The van der Waals surface area contributed by atoms with Crippen LogP contribution >= 0.6 is 0 Å². The Bertz CT molecular complexity index is 1070. The molecule has 2 aliphatic heterocycles. The molecule has 2 aliphatic rings. The SMILES string of the molecule is CCCCN(CCCC)C(=O)CN1CC(c2ccc3c(c2)OCO3)[C@H](C(=O)O)[C@H]1c1ccccc1F. The first-order chi connectivity index (χ1) is 17.4. The number of carbonyl (C=O) groups excluding carboxylic acids is 1. The van der Waals surface area contributed by atoms with Gasteiger partial charge in [0.25, 0.3) is 0 Å². The largest absolute Gasteiger partial charge is 0.481 e. The van der Waals surface area contributed by atoms with Gasteiger partial charge in [-0.2, -0.15) is 0 Å². The van der Waals surface area contributed by atoms with Gasteiger partial charge in [-0.25, -0.2) is 4.39 Å². The molecular weight excluding hydrogens is 463 g/mol. The third-order valence-corrected chi connectivity index (χ3v) is 7.19. The topological polar surface area (TPSA) is 79.3 Å². The Hall–Kier alpha value is -3.13. The van der Waals surface area contributed by atoms with Gasteiger partial charge in [0.1, 0.15) is 5.82 Å². The van der Waals surface area contributed by atoms with Crippen LogP contribution in [-0.2, 0) is 9.59 Å². The predicted octanol–water partition coefficient (Wildman–Crippen LogP) is 4.82. The number of carboxylic acids is 1. The van der Waals surface area contributed by atoms with Gasteiger partial charge in [-0.15, -0.1) is 0 Å². The van der Waals surface area contributed by atoms with E-state index in [9.17, 15) is 14.7 Å². The van der Waals surface area contributed by atoms with Crippen molar-refractivity contribution in [2.24, 2.45) is 5.92 Å². The molecule has 0 spiro atoms. The number of rotatable bonds is 11. The molecule has 1 fully saturated rings. The third kappa shape index (κ3) is 5.48. The van der Waals surface area contributed by atoms with Crippen LogP contribution in [0.1, 0.15) is 62.6 Å².